The number of halogens is 1. The summed E-state index contributed by atoms with van der Waals surface area (Å²) in [6.45, 7) is -0.513. The Bertz CT molecular complexity index is 382. The van der Waals surface area contributed by atoms with E-state index in [0.717, 1.165) is 0 Å². The van der Waals surface area contributed by atoms with Crippen LogP contribution in [0, 0.1) is 0 Å². The first-order valence-electron chi connectivity index (χ1n) is 4.92. The van der Waals surface area contributed by atoms with Gasteiger partial charge in [-0.15, -0.1) is 11.6 Å². The smallest absolute Gasteiger partial charge is 0.341 e. The van der Waals surface area contributed by atoms with E-state index in [4.69, 9.17) is 21.4 Å². The summed E-state index contributed by atoms with van der Waals surface area (Å²) in [5.74, 6) is -1.03. The first-order chi connectivity index (χ1) is 8.06. The number of hydrogen-bond acceptors (Lipinski definition) is 4. The Morgan fingerprint density at radius 3 is 2.59 bits per heavy atom. The molecule has 94 valence electrons. The van der Waals surface area contributed by atoms with Crippen molar-refractivity contribution in [2.75, 3.05) is 12.5 Å². The van der Waals surface area contributed by atoms with Gasteiger partial charge in [-0.3, -0.25) is 0 Å². The molecule has 0 spiro atoms. The number of aliphatic carboxylic acids is 1. The average molecular weight is 261 g/mol. The van der Waals surface area contributed by atoms with Gasteiger partial charge in [-0.25, -0.2) is 4.79 Å². The number of aliphatic hydroxyl groups is 2. The van der Waals surface area contributed by atoms with Gasteiger partial charge in [-0.2, -0.15) is 0 Å². The summed E-state index contributed by atoms with van der Waals surface area (Å²) in [5, 5.41) is 27.7. The van der Waals surface area contributed by atoms with E-state index in [1.807, 2.05) is 0 Å². The normalized spacial score (nSPS) is 14.1. The number of alkyl halides is 1. The van der Waals surface area contributed by atoms with Gasteiger partial charge in [0.1, 0.15) is 11.9 Å². The lowest BCUT2D eigenvalue weighted by Gasteiger charge is -2.18. The second kappa shape index (κ2) is 6.44. The van der Waals surface area contributed by atoms with E-state index < -0.39 is 24.8 Å². The topological polar surface area (TPSA) is 87.0 Å². The quantitative estimate of drug-likeness (QED) is 0.658. The molecule has 2 atom stereocenters. The highest BCUT2D eigenvalue weighted by Gasteiger charge is 2.21. The van der Waals surface area contributed by atoms with Gasteiger partial charge in [0.15, 0.2) is 6.61 Å². The lowest BCUT2D eigenvalue weighted by atomic mass is 10.0. The van der Waals surface area contributed by atoms with Crippen LogP contribution in [0.4, 0.5) is 0 Å². The Kier molecular flexibility index (Phi) is 5.21. The SMILES string of the molecule is O=C(O)COc1ccccc1C(O)C(O)CCl. The lowest BCUT2D eigenvalue weighted by Crippen LogP contribution is -2.21. The molecule has 0 aliphatic rings. The number of hydrogen-bond donors (Lipinski definition) is 3. The minimum absolute atomic E-state index is 0.131. The number of ether oxygens (including phenoxy) is 1. The van der Waals surface area contributed by atoms with Crippen LogP contribution in [0.5, 0.6) is 5.75 Å². The van der Waals surface area contributed by atoms with Crippen molar-refractivity contribution in [3.8, 4) is 5.75 Å². The van der Waals surface area contributed by atoms with Gasteiger partial charge in [-0.1, -0.05) is 18.2 Å². The number of carboxylic acids is 1. The standard InChI is InChI=1S/C11H13ClO5/c12-5-8(13)11(16)7-3-1-2-4-9(7)17-6-10(14)15/h1-4,8,11,13,16H,5-6H2,(H,14,15). The van der Waals surface area contributed by atoms with E-state index >= 15 is 0 Å². The van der Waals surface area contributed by atoms with Crippen molar-refractivity contribution in [3.63, 3.8) is 0 Å². The van der Waals surface area contributed by atoms with Crippen molar-refractivity contribution in [2.24, 2.45) is 0 Å². The highest BCUT2D eigenvalue weighted by atomic mass is 35.5. The third kappa shape index (κ3) is 3.89. The van der Waals surface area contributed by atoms with Crippen molar-refractivity contribution in [3.05, 3.63) is 29.8 Å². The maximum absolute atomic E-state index is 10.4. The highest BCUT2D eigenvalue weighted by Crippen LogP contribution is 2.27. The van der Waals surface area contributed by atoms with Gasteiger partial charge in [0, 0.05) is 5.56 Å². The van der Waals surface area contributed by atoms with Crippen LogP contribution in [0.25, 0.3) is 0 Å². The van der Waals surface area contributed by atoms with Gasteiger partial charge < -0.3 is 20.1 Å². The van der Waals surface area contributed by atoms with Crippen molar-refractivity contribution < 1.29 is 24.9 Å². The van der Waals surface area contributed by atoms with Gasteiger partial charge in [0.05, 0.1) is 12.0 Å². The molecule has 1 rings (SSSR count). The Morgan fingerprint density at radius 2 is 2.00 bits per heavy atom. The van der Waals surface area contributed by atoms with Crippen molar-refractivity contribution in [1.29, 1.82) is 0 Å². The van der Waals surface area contributed by atoms with Crippen LogP contribution in [0.15, 0.2) is 24.3 Å². The molecule has 0 aliphatic heterocycles. The number of carbonyl (C=O) groups is 1. The molecule has 17 heavy (non-hydrogen) atoms. The van der Waals surface area contributed by atoms with Crippen LogP contribution in [0.3, 0.4) is 0 Å². The monoisotopic (exact) mass is 260 g/mol. The van der Waals surface area contributed by atoms with Crippen molar-refractivity contribution in [2.45, 2.75) is 12.2 Å². The highest BCUT2D eigenvalue weighted by molar-refractivity contribution is 6.18. The first-order valence-corrected chi connectivity index (χ1v) is 5.45. The largest absolute Gasteiger partial charge is 0.482 e. The summed E-state index contributed by atoms with van der Waals surface area (Å²) >= 11 is 5.43. The Labute approximate surface area is 103 Å². The van der Waals surface area contributed by atoms with Crippen LogP contribution in [0.1, 0.15) is 11.7 Å². The number of aliphatic hydroxyl groups excluding tert-OH is 2. The van der Waals surface area contributed by atoms with Crippen LogP contribution < -0.4 is 4.74 Å². The second-order valence-electron chi connectivity index (χ2n) is 3.39. The molecule has 0 aromatic heterocycles. The van der Waals surface area contributed by atoms with Crippen LogP contribution >= 0.6 is 11.6 Å². The number of benzene rings is 1. The molecule has 6 heteroatoms. The molecule has 0 saturated heterocycles. The zero-order chi connectivity index (χ0) is 12.8. The van der Waals surface area contributed by atoms with Crippen LogP contribution in [-0.2, 0) is 4.79 Å². The molecule has 1 aromatic rings. The van der Waals surface area contributed by atoms with Crippen molar-refractivity contribution in [1.82, 2.24) is 0 Å². The molecule has 0 aliphatic carbocycles. The van der Waals surface area contributed by atoms with Gasteiger partial charge in [0.2, 0.25) is 0 Å². The van der Waals surface area contributed by atoms with E-state index in [1.54, 1.807) is 12.1 Å². The summed E-state index contributed by atoms with van der Waals surface area (Å²) in [5.41, 5.74) is 0.307. The minimum Gasteiger partial charge on any atom is -0.482 e. The zero-order valence-electron chi connectivity index (χ0n) is 8.91. The fourth-order valence-corrected chi connectivity index (χ4v) is 1.46. The fourth-order valence-electron chi connectivity index (χ4n) is 1.29. The second-order valence-corrected chi connectivity index (χ2v) is 3.70. The van der Waals surface area contributed by atoms with E-state index in [0.29, 0.717) is 5.56 Å². The third-order valence-corrected chi connectivity index (χ3v) is 2.43. The third-order valence-electron chi connectivity index (χ3n) is 2.11. The maximum Gasteiger partial charge on any atom is 0.341 e. The first kappa shape index (κ1) is 13.8. The lowest BCUT2D eigenvalue weighted by molar-refractivity contribution is -0.139. The Hall–Kier alpha value is -1.30. The van der Waals surface area contributed by atoms with E-state index in [-0.39, 0.29) is 11.6 Å². The molecule has 0 radical (unpaired) electrons. The molecule has 2 unspecified atom stereocenters. The summed E-state index contributed by atoms with van der Waals surface area (Å²) in [4.78, 5) is 10.4. The van der Waals surface area contributed by atoms with Crippen LogP contribution in [-0.4, -0.2) is 39.9 Å². The summed E-state index contributed by atoms with van der Waals surface area (Å²) in [6, 6.07) is 6.34. The maximum atomic E-state index is 10.4. The molecular weight excluding hydrogens is 248 g/mol. The predicted molar refractivity (Wildman–Crippen MR) is 61.3 cm³/mol. The molecule has 0 fully saturated rings. The molecule has 0 heterocycles. The summed E-state index contributed by atoms with van der Waals surface area (Å²) in [7, 11) is 0. The average Bonchev–Trinajstić information content (AvgIpc) is 2.34. The minimum atomic E-state index is -1.21. The van der Waals surface area contributed by atoms with Gasteiger partial charge in [0.25, 0.3) is 0 Å². The number of para-hydroxylation sites is 1. The molecule has 0 amide bonds. The summed E-state index contributed by atoms with van der Waals surface area (Å²) in [6.07, 6.45) is -2.34. The Balaban J connectivity index is 2.87. The zero-order valence-corrected chi connectivity index (χ0v) is 9.67. The predicted octanol–water partition coefficient (Wildman–Crippen LogP) is 0.783. The van der Waals surface area contributed by atoms with E-state index in [2.05, 4.69) is 0 Å². The van der Waals surface area contributed by atoms with Gasteiger partial charge >= 0.3 is 5.97 Å². The van der Waals surface area contributed by atoms with Crippen molar-refractivity contribution >= 4 is 17.6 Å². The molecule has 0 saturated carbocycles. The summed E-state index contributed by atoms with van der Waals surface area (Å²) < 4.78 is 5.00. The van der Waals surface area contributed by atoms with E-state index in [1.165, 1.54) is 12.1 Å². The molecular formula is C11H13ClO5. The van der Waals surface area contributed by atoms with E-state index in [9.17, 15) is 15.0 Å². The van der Waals surface area contributed by atoms with Gasteiger partial charge in [-0.05, 0) is 6.07 Å². The molecule has 3 N–H and O–H groups in total. The molecule has 1 aromatic carbocycles. The Morgan fingerprint density at radius 1 is 1.35 bits per heavy atom. The fraction of sp³-hybridized carbons (Fsp3) is 0.364. The number of rotatable bonds is 6. The van der Waals surface area contributed by atoms with Crippen LogP contribution in [0.2, 0.25) is 0 Å². The number of carboxylic acid groups (broad SMARTS) is 1. The molecule has 5 nitrogen and oxygen atoms in total. The molecule has 0 bridgehead atoms.